The lowest BCUT2D eigenvalue weighted by Gasteiger charge is -2.43. The van der Waals surface area contributed by atoms with Gasteiger partial charge >= 0.3 is 8.32 Å². The molecule has 0 radical (unpaired) electrons. The standard InChI is InChI=1S/C26H25BrOSi/c1-26(2,3)29(23-13-5-4-6-14-23,25-16-10-9-15-24(25)27)28-22-18-17-20-11-7-8-12-21(20)19-22/h4-19H,1-3H3. The second-order valence-electron chi connectivity index (χ2n) is 8.39. The molecule has 0 amide bonds. The summed E-state index contributed by atoms with van der Waals surface area (Å²) in [7, 11) is -2.67. The molecule has 0 fully saturated rings. The van der Waals surface area contributed by atoms with Gasteiger partial charge in [-0.1, -0.05) is 116 Å². The molecule has 0 saturated heterocycles. The minimum absolute atomic E-state index is 0.0795. The number of hydrogen-bond donors (Lipinski definition) is 0. The van der Waals surface area contributed by atoms with E-state index in [4.69, 9.17) is 4.43 Å². The minimum Gasteiger partial charge on any atom is -0.534 e. The highest BCUT2D eigenvalue weighted by molar-refractivity contribution is 9.10. The van der Waals surface area contributed by atoms with Gasteiger partial charge in [-0.25, -0.2) is 0 Å². The highest BCUT2D eigenvalue weighted by Gasteiger charge is 2.53. The van der Waals surface area contributed by atoms with Crippen LogP contribution in [0.5, 0.6) is 5.75 Å². The van der Waals surface area contributed by atoms with Crippen molar-refractivity contribution in [1.29, 1.82) is 0 Å². The molecule has 146 valence electrons. The van der Waals surface area contributed by atoms with E-state index in [9.17, 15) is 0 Å². The summed E-state index contributed by atoms with van der Waals surface area (Å²) in [4.78, 5) is 0. The zero-order chi connectivity index (χ0) is 20.5. The van der Waals surface area contributed by atoms with E-state index in [-0.39, 0.29) is 5.04 Å². The Morgan fingerprint density at radius 2 is 1.31 bits per heavy atom. The molecule has 4 aromatic rings. The lowest BCUT2D eigenvalue weighted by atomic mass is 10.1. The topological polar surface area (TPSA) is 9.23 Å². The third-order valence-electron chi connectivity index (χ3n) is 5.48. The van der Waals surface area contributed by atoms with Crippen LogP contribution in [-0.4, -0.2) is 8.32 Å². The Balaban J connectivity index is 1.97. The van der Waals surface area contributed by atoms with Gasteiger partial charge in [-0.2, -0.15) is 0 Å². The molecule has 0 aromatic heterocycles. The van der Waals surface area contributed by atoms with Crippen LogP contribution >= 0.6 is 15.9 Å². The molecule has 0 saturated carbocycles. The Labute approximate surface area is 182 Å². The summed E-state index contributed by atoms with van der Waals surface area (Å²) in [6.45, 7) is 6.89. The summed E-state index contributed by atoms with van der Waals surface area (Å²) >= 11 is 3.83. The molecule has 1 atom stereocenters. The van der Waals surface area contributed by atoms with Crippen LogP contribution in [-0.2, 0) is 0 Å². The first kappa shape index (κ1) is 19.9. The maximum Gasteiger partial charge on any atom is 0.321 e. The van der Waals surface area contributed by atoms with Crippen molar-refractivity contribution in [2.45, 2.75) is 25.8 Å². The van der Waals surface area contributed by atoms with Crippen molar-refractivity contribution in [3.05, 3.63) is 102 Å². The number of halogens is 1. The molecule has 0 aliphatic rings. The van der Waals surface area contributed by atoms with E-state index in [0.717, 1.165) is 10.2 Å². The molecule has 29 heavy (non-hydrogen) atoms. The van der Waals surface area contributed by atoms with Crippen LogP contribution in [0.15, 0.2) is 102 Å². The third kappa shape index (κ3) is 3.65. The van der Waals surface area contributed by atoms with Gasteiger partial charge in [0.25, 0.3) is 0 Å². The fourth-order valence-corrected chi connectivity index (χ4v) is 9.62. The normalized spacial score (nSPS) is 13.8. The zero-order valence-electron chi connectivity index (χ0n) is 17.0. The Bertz CT molecular complexity index is 1130. The molecule has 1 nitrogen and oxygen atoms in total. The van der Waals surface area contributed by atoms with Gasteiger partial charge < -0.3 is 4.43 Å². The lowest BCUT2D eigenvalue weighted by molar-refractivity contribution is 0.508. The molecule has 3 heteroatoms. The first-order valence-corrected chi connectivity index (χ1v) is 12.6. The lowest BCUT2D eigenvalue weighted by Crippen LogP contribution is -2.69. The van der Waals surface area contributed by atoms with Crippen molar-refractivity contribution < 1.29 is 4.43 Å². The third-order valence-corrected chi connectivity index (χ3v) is 11.5. The van der Waals surface area contributed by atoms with Crippen LogP contribution in [0, 0.1) is 0 Å². The van der Waals surface area contributed by atoms with Gasteiger partial charge in [0.15, 0.2) is 0 Å². The van der Waals surface area contributed by atoms with Crippen molar-refractivity contribution in [1.82, 2.24) is 0 Å². The Hall–Kier alpha value is -2.36. The summed E-state index contributed by atoms with van der Waals surface area (Å²) in [6, 6.07) is 34.1. The fourth-order valence-electron chi connectivity index (χ4n) is 4.09. The first-order chi connectivity index (χ1) is 13.9. The van der Waals surface area contributed by atoms with Gasteiger partial charge in [-0.3, -0.25) is 0 Å². The molecular weight excluding hydrogens is 436 g/mol. The van der Waals surface area contributed by atoms with Crippen molar-refractivity contribution >= 4 is 45.4 Å². The number of hydrogen-bond acceptors (Lipinski definition) is 1. The molecule has 4 aromatic carbocycles. The molecule has 0 aliphatic carbocycles. The highest BCUT2D eigenvalue weighted by Crippen LogP contribution is 2.39. The van der Waals surface area contributed by atoms with E-state index >= 15 is 0 Å². The van der Waals surface area contributed by atoms with Crippen LogP contribution in [0.2, 0.25) is 5.04 Å². The van der Waals surface area contributed by atoms with Gasteiger partial charge in [-0.05, 0) is 44.4 Å². The maximum atomic E-state index is 7.14. The smallest absolute Gasteiger partial charge is 0.321 e. The molecular formula is C26H25BrOSi. The van der Waals surface area contributed by atoms with Crippen molar-refractivity contribution in [2.24, 2.45) is 0 Å². The average Bonchev–Trinajstić information content (AvgIpc) is 2.72. The molecule has 1 unspecified atom stereocenters. The van der Waals surface area contributed by atoms with Crippen molar-refractivity contribution in [2.75, 3.05) is 0 Å². The van der Waals surface area contributed by atoms with Gasteiger partial charge in [0.1, 0.15) is 5.75 Å². The van der Waals surface area contributed by atoms with Gasteiger partial charge in [-0.15, -0.1) is 0 Å². The van der Waals surface area contributed by atoms with Gasteiger partial charge in [0.05, 0.1) is 0 Å². The van der Waals surface area contributed by atoms with Crippen LogP contribution in [0.3, 0.4) is 0 Å². The van der Waals surface area contributed by atoms with E-state index < -0.39 is 8.32 Å². The molecule has 0 aliphatic heterocycles. The molecule has 4 rings (SSSR count). The van der Waals surface area contributed by atoms with Crippen LogP contribution < -0.4 is 14.8 Å². The van der Waals surface area contributed by atoms with Crippen molar-refractivity contribution in [3.8, 4) is 5.75 Å². The summed E-state index contributed by atoms with van der Waals surface area (Å²) < 4.78 is 8.24. The van der Waals surface area contributed by atoms with Crippen LogP contribution in [0.25, 0.3) is 10.8 Å². The molecule has 0 heterocycles. The number of fused-ring (bicyclic) bond motifs is 1. The molecule has 0 bridgehead atoms. The van der Waals surface area contributed by atoms with E-state index in [1.165, 1.54) is 21.1 Å². The molecule has 0 spiro atoms. The largest absolute Gasteiger partial charge is 0.534 e. The quantitative estimate of drug-likeness (QED) is 0.314. The van der Waals surface area contributed by atoms with E-state index in [1.807, 2.05) is 0 Å². The number of benzene rings is 4. The van der Waals surface area contributed by atoms with Crippen molar-refractivity contribution in [3.63, 3.8) is 0 Å². The Kier molecular flexibility index (Phi) is 5.37. The number of rotatable bonds is 4. The minimum atomic E-state index is -2.67. The fraction of sp³-hybridized carbons (Fsp3) is 0.154. The monoisotopic (exact) mass is 460 g/mol. The van der Waals surface area contributed by atoms with Gasteiger partial charge in [0.2, 0.25) is 0 Å². The second kappa shape index (κ2) is 7.81. The summed E-state index contributed by atoms with van der Waals surface area (Å²) in [5.41, 5.74) is 0. The Morgan fingerprint density at radius 1 is 0.690 bits per heavy atom. The molecule has 0 N–H and O–H groups in total. The maximum absolute atomic E-state index is 7.14. The van der Waals surface area contributed by atoms with Crippen LogP contribution in [0.1, 0.15) is 20.8 Å². The summed E-state index contributed by atoms with van der Waals surface area (Å²) in [5.74, 6) is 0.921. The average molecular weight is 461 g/mol. The summed E-state index contributed by atoms with van der Waals surface area (Å²) in [5, 5.41) is 4.87. The predicted octanol–water partition coefficient (Wildman–Crippen LogP) is 6.54. The van der Waals surface area contributed by atoms with Crippen LogP contribution in [0.4, 0.5) is 0 Å². The summed E-state index contributed by atoms with van der Waals surface area (Å²) in [6.07, 6.45) is 0. The zero-order valence-corrected chi connectivity index (χ0v) is 19.6. The van der Waals surface area contributed by atoms with E-state index in [0.29, 0.717) is 0 Å². The van der Waals surface area contributed by atoms with E-state index in [1.54, 1.807) is 0 Å². The SMILES string of the molecule is CC(C)(C)[Si](Oc1ccc2ccccc2c1)(c1ccccc1)c1ccccc1Br. The van der Waals surface area contributed by atoms with Gasteiger partial charge in [0, 0.05) is 4.47 Å². The van der Waals surface area contributed by atoms with E-state index in [2.05, 4.69) is 134 Å². The second-order valence-corrected chi connectivity index (χ2v) is 13.4. The highest BCUT2D eigenvalue weighted by atomic mass is 79.9. The Morgan fingerprint density at radius 3 is 2.00 bits per heavy atom. The first-order valence-electron chi connectivity index (χ1n) is 9.90. The predicted molar refractivity (Wildman–Crippen MR) is 130 cm³/mol.